The van der Waals surface area contributed by atoms with Crippen LogP contribution in [0.4, 0.5) is 5.82 Å². The lowest BCUT2D eigenvalue weighted by Crippen LogP contribution is -2.21. The first kappa shape index (κ1) is 11.3. The number of aromatic nitrogens is 3. The Kier molecular flexibility index (Phi) is 2.50. The molecule has 2 atom stereocenters. The maximum atomic E-state index is 4.56. The smallest absolute Gasteiger partial charge is 0.145 e. The molecule has 2 aromatic rings. The summed E-state index contributed by atoms with van der Waals surface area (Å²) in [4.78, 5) is 11.4. The van der Waals surface area contributed by atoms with Gasteiger partial charge in [-0.2, -0.15) is 0 Å². The molecule has 4 nitrogen and oxygen atoms in total. The highest BCUT2D eigenvalue weighted by Crippen LogP contribution is 2.38. The van der Waals surface area contributed by atoms with Crippen LogP contribution in [0.1, 0.15) is 25.7 Å². The van der Waals surface area contributed by atoms with Crippen LogP contribution in [0.2, 0.25) is 0 Å². The van der Waals surface area contributed by atoms with E-state index in [0.29, 0.717) is 0 Å². The van der Waals surface area contributed by atoms with Crippen molar-refractivity contribution in [2.45, 2.75) is 25.7 Å². The minimum Gasteiger partial charge on any atom is -0.355 e. The van der Waals surface area contributed by atoms with Gasteiger partial charge in [-0.1, -0.05) is 12.8 Å². The Morgan fingerprint density at radius 3 is 2.58 bits per heavy atom. The normalized spacial score (nSPS) is 26.9. The molecule has 0 amide bonds. The lowest BCUT2D eigenvalue weighted by molar-refractivity contribution is 0.299. The van der Waals surface area contributed by atoms with E-state index in [2.05, 4.69) is 31.7 Å². The quantitative estimate of drug-likeness (QED) is 0.786. The molecule has 0 bridgehead atoms. The van der Waals surface area contributed by atoms with Crippen molar-refractivity contribution in [1.29, 1.82) is 0 Å². The van der Waals surface area contributed by atoms with Gasteiger partial charge in [-0.3, -0.25) is 0 Å². The summed E-state index contributed by atoms with van der Waals surface area (Å²) in [5.74, 6) is 2.92. The Hall–Kier alpha value is -1.58. The first-order valence-corrected chi connectivity index (χ1v) is 7.34. The summed E-state index contributed by atoms with van der Waals surface area (Å²) in [5.41, 5.74) is 1.04. The van der Waals surface area contributed by atoms with Crippen LogP contribution in [0, 0.1) is 11.8 Å². The summed E-state index contributed by atoms with van der Waals surface area (Å²) < 4.78 is 2.07. The largest absolute Gasteiger partial charge is 0.355 e. The van der Waals surface area contributed by atoms with Crippen LogP contribution >= 0.6 is 0 Å². The fourth-order valence-corrected chi connectivity index (χ4v) is 3.90. The molecule has 2 aliphatic rings. The molecule has 0 N–H and O–H groups in total. The maximum absolute atomic E-state index is 4.56. The average molecular weight is 256 g/mol. The number of fused-ring (bicyclic) bond motifs is 2. The number of nitrogens with zero attached hydrogens (tertiary/aromatic N) is 4. The molecule has 2 aromatic heterocycles. The van der Waals surface area contributed by atoms with Crippen LogP contribution in [-0.4, -0.2) is 27.6 Å². The van der Waals surface area contributed by atoms with Gasteiger partial charge in [0.2, 0.25) is 0 Å². The first-order chi connectivity index (χ1) is 9.33. The maximum Gasteiger partial charge on any atom is 0.145 e. The predicted molar refractivity (Wildman–Crippen MR) is 76.2 cm³/mol. The van der Waals surface area contributed by atoms with E-state index in [1.807, 2.05) is 7.05 Å². The van der Waals surface area contributed by atoms with Gasteiger partial charge in [0.05, 0.1) is 5.39 Å². The highest BCUT2D eigenvalue weighted by atomic mass is 15.2. The first-order valence-electron chi connectivity index (χ1n) is 7.34. The third-order valence-electron chi connectivity index (χ3n) is 4.92. The molecule has 3 heterocycles. The van der Waals surface area contributed by atoms with Crippen LogP contribution in [0.15, 0.2) is 18.6 Å². The molecule has 0 radical (unpaired) electrons. The minimum absolute atomic E-state index is 0.891. The van der Waals surface area contributed by atoms with Crippen molar-refractivity contribution in [1.82, 2.24) is 14.5 Å². The van der Waals surface area contributed by atoms with Crippen LogP contribution in [0.3, 0.4) is 0 Å². The van der Waals surface area contributed by atoms with E-state index in [-0.39, 0.29) is 0 Å². The molecule has 100 valence electrons. The Labute approximate surface area is 113 Å². The Morgan fingerprint density at radius 1 is 1.11 bits per heavy atom. The summed E-state index contributed by atoms with van der Waals surface area (Å²) in [6.07, 6.45) is 9.43. The Balaban J connectivity index is 1.71. The van der Waals surface area contributed by atoms with Crippen LogP contribution in [0.5, 0.6) is 0 Å². The van der Waals surface area contributed by atoms with Crippen molar-refractivity contribution in [3.63, 3.8) is 0 Å². The Morgan fingerprint density at radius 2 is 1.84 bits per heavy atom. The van der Waals surface area contributed by atoms with Crippen molar-refractivity contribution >= 4 is 16.9 Å². The second-order valence-electron chi connectivity index (χ2n) is 6.07. The molecule has 1 aliphatic carbocycles. The standard InChI is InChI=1S/C15H20N4/c1-18-7-6-13-14(18)16-10-17-15(13)19-8-11-4-2-3-5-12(11)9-19/h6-7,10-12H,2-5,8-9H2,1H3. The second-order valence-corrected chi connectivity index (χ2v) is 6.07. The van der Waals surface area contributed by atoms with Gasteiger partial charge in [0, 0.05) is 26.3 Å². The van der Waals surface area contributed by atoms with Crippen molar-refractivity contribution in [3.8, 4) is 0 Å². The zero-order chi connectivity index (χ0) is 12.8. The van der Waals surface area contributed by atoms with Crippen molar-refractivity contribution in [3.05, 3.63) is 18.6 Å². The van der Waals surface area contributed by atoms with Gasteiger partial charge in [-0.15, -0.1) is 0 Å². The number of rotatable bonds is 1. The highest BCUT2D eigenvalue weighted by molar-refractivity contribution is 5.87. The summed E-state index contributed by atoms with van der Waals surface area (Å²) >= 11 is 0. The van der Waals surface area contributed by atoms with Gasteiger partial charge < -0.3 is 9.47 Å². The molecule has 4 heteroatoms. The van der Waals surface area contributed by atoms with Crippen LogP contribution in [0.25, 0.3) is 11.0 Å². The zero-order valence-electron chi connectivity index (χ0n) is 11.4. The highest BCUT2D eigenvalue weighted by Gasteiger charge is 2.35. The van der Waals surface area contributed by atoms with Crippen LogP contribution in [-0.2, 0) is 7.05 Å². The summed E-state index contributed by atoms with van der Waals surface area (Å²) in [6.45, 7) is 2.37. The van der Waals surface area contributed by atoms with Crippen molar-refractivity contribution in [2.24, 2.45) is 18.9 Å². The molecule has 2 fully saturated rings. The molecular formula is C15H20N4. The lowest BCUT2D eigenvalue weighted by atomic mass is 9.82. The van der Waals surface area contributed by atoms with Crippen LogP contribution < -0.4 is 4.90 Å². The topological polar surface area (TPSA) is 34.0 Å². The van der Waals surface area contributed by atoms with Gasteiger partial charge in [-0.05, 0) is 30.7 Å². The summed E-state index contributed by atoms with van der Waals surface area (Å²) in [7, 11) is 2.04. The zero-order valence-corrected chi connectivity index (χ0v) is 11.4. The number of anilines is 1. The summed E-state index contributed by atoms with van der Waals surface area (Å²) in [5, 5.41) is 1.20. The summed E-state index contributed by atoms with van der Waals surface area (Å²) in [6, 6.07) is 2.15. The average Bonchev–Trinajstić information content (AvgIpc) is 3.03. The molecule has 1 saturated carbocycles. The van der Waals surface area contributed by atoms with Gasteiger partial charge in [-0.25, -0.2) is 9.97 Å². The third kappa shape index (κ3) is 1.73. The lowest BCUT2D eigenvalue weighted by Gasteiger charge is -2.22. The van der Waals surface area contributed by atoms with E-state index in [1.165, 1.54) is 44.2 Å². The number of aryl methyl sites for hydroxylation is 1. The fourth-order valence-electron chi connectivity index (χ4n) is 3.90. The molecule has 0 spiro atoms. The van der Waals surface area contributed by atoms with E-state index < -0.39 is 0 Å². The molecule has 0 aromatic carbocycles. The van der Waals surface area contributed by atoms with E-state index in [4.69, 9.17) is 0 Å². The van der Waals surface area contributed by atoms with E-state index in [0.717, 1.165) is 23.3 Å². The van der Waals surface area contributed by atoms with Crippen molar-refractivity contribution < 1.29 is 0 Å². The Bertz CT molecular complexity index is 589. The van der Waals surface area contributed by atoms with Crippen molar-refractivity contribution in [2.75, 3.05) is 18.0 Å². The molecule has 4 rings (SSSR count). The van der Waals surface area contributed by atoms with E-state index in [1.54, 1.807) is 6.33 Å². The minimum atomic E-state index is 0.891. The fraction of sp³-hybridized carbons (Fsp3) is 0.600. The van der Waals surface area contributed by atoms with Gasteiger partial charge in [0.25, 0.3) is 0 Å². The second kappa shape index (κ2) is 4.22. The molecular weight excluding hydrogens is 236 g/mol. The number of hydrogen-bond donors (Lipinski definition) is 0. The van der Waals surface area contributed by atoms with E-state index in [9.17, 15) is 0 Å². The molecule has 1 saturated heterocycles. The third-order valence-corrected chi connectivity index (χ3v) is 4.92. The molecule has 19 heavy (non-hydrogen) atoms. The SMILES string of the molecule is Cn1ccc2c(N3CC4CCCCC4C3)ncnc21. The molecule has 1 aliphatic heterocycles. The predicted octanol–water partition coefficient (Wildman–Crippen LogP) is 2.59. The van der Waals surface area contributed by atoms with Gasteiger partial charge in [0.15, 0.2) is 0 Å². The monoisotopic (exact) mass is 256 g/mol. The van der Waals surface area contributed by atoms with E-state index >= 15 is 0 Å². The van der Waals surface area contributed by atoms with Gasteiger partial charge >= 0.3 is 0 Å². The van der Waals surface area contributed by atoms with Gasteiger partial charge in [0.1, 0.15) is 17.8 Å². The molecule has 2 unspecified atom stereocenters. The number of hydrogen-bond acceptors (Lipinski definition) is 3.